The molecular formula is C17H24N2OS. The summed E-state index contributed by atoms with van der Waals surface area (Å²) in [7, 11) is 1.89. The Morgan fingerprint density at radius 1 is 1.33 bits per heavy atom. The van der Waals surface area contributed by atoms with Gasteiger partial charge in [0.1, 0.15) is 5.01 Å². The first-order valence-electron chi connectivity index (χ1n) is 7.75. The van der Waals surface area contributed by atoms with Crippen molar-refractivity contribution in [2.24, 2.45) is 5.92 Å². The van der Waals surface area contributed by atoms with Crippen molar-refractivity contribution in [3.63, 3.8) is 0 Å². The summed E-state index contributed by atoms with van der Waals surface area (Å²) in [6.07, 6.45) is 4.18. The average molecular weight is 304 g/mol. The third-order valence-corrected chi connectivity index (χ3v) is 4.86. The third kappa shape index (κ3) is 4.03. The number of aromatic nitrogens is 1. The second-order valence-electron chi connectivity index (χ2n) is 5.52. The molecule has 1 atom stereocenters. The predicted molar refractivity (Wildman–Crippen MR) is 89.4 cm³/mol. The Morgan fingerprint density at radius 3 is 2.76 bits per heavy atom. The molecule has 1 heterocycles. The number of thiazole rings is 1. The van der Waals surface area contributed by atoms with Crippen LogP contribution in [0.4, 0.5) is 0 Å². The van der Waals surface area contributed by atoms with Crippen LogP contribution in [0.1, 0.15) is 44.5 Å². The molecule has 0 saturated carbocycles. The zero-order chi connectivity index (χ0) is 15.2. The quantitative estimate of drug-likeness (QED) is 0.756. The lowest BCUT2D eigenvalue weighted by atomic mass is 9.98. The molecule has 0 aliphatic rings. The maximum absolute atomic E-state index is 12.5. The fourth-order valence-corrected chi connectivity index (χ4v) is 3.55. The summed E-state index contributed by atoms with van der Waals surface area (Å²) in [5.74, 6) is 0.412. The normalized spacial score (nSPS) is 12.5. The Labute approximate surface area is 131 Å². The lowest BCUT2D eigenvalue weighted by Crippen LogP contribution is -2.32. The number of carbonyl (C=O) groups excluding carboxylic acids is 1. The molecule has 0 spiro atoms. The fraction of sp³-hybridized carbons (Fsp3) is 0.529. The van der Waals surface area contributed by atoms with E-state index in [0.29, 0.717) is 6.54 Å². The van der Waals surface area contributed by atoms with Crippen LogP contribution < -0.4 is 0 Å². The molecule has 3 nitrogen and oxygen atoms in total. The summed E-state index contributed by atoms with van der Waals surface area (Å²) in [6, 6.07) is 8.12. The Balaban J connectivity index is 2.02. The van der Waals surface area contributed by atoms with E-state index >= 15 is 0 Å². The van der Waals surface area contributed by atoms with E-state index in [9.17, 15) is 4.79 Å². The molecule has 1 aromatic heterocycles. The molecule has 0 bridgehead atoms. The highest BCUT2D eigenvalue weighted by molar-refractivity contribution is 7.18. The van der Waals surface area contributed by atoms with Crippen LogP contribution in [0.15, 0.2) is 24.3 Å². The molecule has 1 unspecified atom stereocenters. The molecule has 114 valence electrons. The average Bonchev–Trinajstić information content (AvgIpc) is 2.89. The van der Waals surface area contributed by atoms with Crippen molar-refractivity contribution in [2.45, 2.75) is 46.1 Å². The van der Waals surface area contributed by atoms with Gasteiger partial charge in [-0.25, -0.2) is 4.98 Å². The van der Waals surface area contributed by atoms with Crippen LogP contribution in [0.2, 0.25) is 0 Å². The van der Waals surface area contributed by atoms with E-state index in [1.54, 1.807) is 11.3 Å². The number of hydrogen-bond donors (Lipinski definition) is 0. The van der Waals surface area contributed by atoms with Crippen molar-refractivity contribution in [1.82, 2.24) is 9.88 Å². The first-order valence-corrected chi connectivity index (χ1v) is 8.56. The molecule has 0 aliphatic heterocycles. The smallest absolute Gasteiger partial charge is 0.225 e. The Hall–Kier alpha value is -1.42. The lowest BCUT2D eigenvalue weighted by Gasteiger charge is -2.22. The number of hydrogen-bond acceptors (Lipinski definition) is 3. The maximum Gasteiger partial charge on any atom is 0.225 e. The molecule has 0 aliphatic carbocycles. The zero-order valence-corrected chi connectivity index (χ0v) is 13.9. The van der Waals surface area contributed by atoms with Gasteiger partial charge < -0.3 is 4.90 Å². The SMILES string of the molecule is CCCCC(CC)C(=O)N(C)Cc1nc2ccccc2s1. The molecule has 0 radical (unpaired) electrons. The molecule has 2 rings (SSSR count). The minimum Gasteiger partial charge on any atom is -0.339 e. The van der Waals surface area contributed by atoms with Crippen LogP contribution in [0.3, 0.4) is 0 Å². The second kappa shape index (κ2) is 7.55. The van der Waals surface area contributed by atoms with Gasteiger partial charge in [0.2, 0.25) is 5.91 Å². The van der Waals surface area contributed by atoms with Crippen LogP contribution >= 0.6 is 11.3 Å². The van der Waals surface area contributed by atoms with Gasteiger partial charge in [-0.15, -0.1) is 11.3 Å². The Morgan fingerprint density at radius 2 is 2.10 bits per heavy atom. The van der Waals surface area contributed by atoms with Crippen molar-refractivity contribution in [2.75, 3.05) is 7.05 Å². The molecule has 0 saturated heterocycles. The topological polar surface area (TPSA) is 33.2 Å². The van der Waals surface area contributed by atoms with E-state index in [0.717, 1.165) is 36.2 Å². The minimum absolute atomic E-state index is 0.157. The molecule has 21 heavy (non-hydrogen) atoms. The van der Waals surface area contributed by atoms with Crippen molar-refractivity contribution in [1.29, 1.82) is 0 Å². The summed E-state index contributed by atoms with van der Waals surface area (Å²) in [6.45, 7) is 4.88. The van der Waals surface area contributed by atoms with Gasteiger partial charge in [-0.2, -0.15) is 0 Å². The number of unbranched alkanes of at least 4 members (excludes halogenated alkanes) is 1. The third-order valence-electron chi connectivity index (χ3n) is 3.84. The molecule has 0 N–H and O–H groups in total. The summed E-state index contributed by atoms with van der Waals surface area (Å²) < 4.78 is 1.19. The largest absolute Gasteiger partial charge is 0.339 e. The van der Waals surface area contributed by atoms with Gasteiger partial charge in [0.25, 0.3) is 0 Å². The van der Waals surface area contributed by atoms with Crippen molar-refractivity contribution < 1.29 is 4.79 Å². The van der Waals surface area contributed by atoms with Crippen LogP contribution in [-0.2, 0) is 11.3 Å². The highest BCUT2D eigenvalue weighted by Gasteiger charge is 2.20. The molecule has 1 aromatic carbocycles. The number of fused-ring (bicyclic) bond motifs is 1. The lowest BCUT2D eigenvalue weighted by molar-refractivity contribution is -0.135. The second-order valence-corrected chi connectivity index (χ2v) is 6.63. The van der Waals surface area contributed by atoms with Crippen LogP contribution in [-0.4, -0.2) is 22.8 Å². The van der Waals surface area contributed by atoms with Gasteiger partial charge >= 0.3 is 0 Å². The molecule has 1 amide bonds. The van der Waals surface area contributed by atoms with Crippen molar-refractivity contribution in [3.05, 3.63) is 29.3 Å². The van der Waals surface area contributed by atoms with Crippen molar-refractivity contribution in [3.8, 4) is 0 Å². The van der Waals surface area contributed by atoms with Gasteiger partial charge in [-0.3, -0.25) is 4.79 Å². The molecule has 4 heteroatoms. The van der Waals surface area contributed by atoms with E-state index < -0.39 is 0 Å². The highest BCUT2D eigenvalue weighted by atomic mass is 32.1. The number of nitrogens with zero attached hydrogens (tertiary/aromatic N) is 2. The van der Waals surface area contributed by atoms with E-state index in [1.807, 2.05) is 30.1 Å². The van der Waals surface area contributed by atoms with E-state index in [4.69, 9.17) is 0 Å². The maximum atomic E-state index is 12.5. The van der Waals surface area contributed by atoms with Gasteiger partial charge in [-0.05, 0) is 25.0 Å². The first-order chi connectivity index (χ1) is 10.2. The molecule has 0 fully saturated rings. The first kappa shape index (κ1) is 16.0. The van der Waals surface area contributed by atoms with Gasteiger partial charge in [0, 0.05) is 13.0 Å². The van der Waals surface area contributed by atoms with Crippen LogP contribution in [0, 0.1) is 5.92 Å². The minimum atomic E-state index is 0.157. The summed E-state index contributed by atoms with van der Waals surface area (Å²) >= 11 is 1.68. The zero-order valence-electron chi connectivity index (χ0n) is 13.1. The van der Waals surface area contributed by atoms with E-state index in [1.165, 1.54) is 4.70 Å². The predicted octanol–water partition coefficient (Wildman–Crippen LogP) is 4.47. The number of para-hydroxylation sites is 1. The van der Waals surface area contributed by atoms with Gasteiger partial charge in [-0.1, -0.05) is 38.8 Å². The monoisotopic (exact) mass is 304 g/mol. The van der Waals surface area contributed by atoms with Crippen molar-refractivity contribution >= 4 is 27.5 Å². The van der Waals surface area contributed by atoms with Gasteiger partial charge in [0.15, 0.2) is 0 Å². The van der Waals surface area contributed by atoms with E-state index in [-0.39, 0.29) is 11.8 Å². The number of amides is 1. The number of carbonyl (C=O) groups is 1. The number of benzene rings is 1. The Bertz CT molecular complexity index is 560. The summed E-state index contributed by atoms with van der Waals surface area (Å²) in [4.78, 5) is 18.9. The standard InChI is InChI=1S/C17H24N2OS/c1-4-6-9-13(5-2)17(20)19(3)12-16-18-14-10-7-8-11-15(14)21-16/h7-8,10-11,13H,4-6,9,12H2,1-3H3. The summed E-state index contributed by atoms with van der Waals surface area (Å²) in [5, 5.41) is 1.01. The van der Waals surface area contributed by atoms with Gasteiger partial charge in [0.05, 0.1) is 16.8 Å². The molecular weight excluding hydrogens is 280 g/mol. The summed E-state index contributed by atoms with van der Waals surface area (Å²) in [5.41, 5.74) is 1.02. The van der Waals surface area contributed by atoms with E-state index in [2.05, 4.69) is 24.9 Å². The highest BCUT2D eigenvalue weighted by Crippen LogP contribution is 2.23. The molecule has 2 aromatic rings. The fourth-order valence-electron chi connectivity index (χ4n) is 2.53. The van der Waals surface area contributed by atoms with Crippen LogP contribution in [0.25, 0.3) is 10.2 Å². The van der Waals surface area contributed by atoms with Crippen LogP contribution in [0.5, 0.6) is 0 Å². The Kier molecular flexibility index (Phi) is 5.74. The number of rotatable bonds is 7.